The Morgan fingerprint density at radius 2 is 1.74 bits per heavy atom. The van der Waals surface area contributed by atoms with Crippen LogP contribution >= 0.6 is 0 Å². The van der Waals surface area contributed by atoms with Gasteiger partial charge in [-0.25, -0.2) is 0 Å². The van der Waals surface area contributed by atoms with E-state index in [2.05, 4.69) is 69.4 Å². The van der Waals surface area contributed by atoms with Crippen LogP contribution in [0.4, 0.5) is 0 Å². The molecule has 0 fully saturated rings. The molecular weight excluding hydrogens is 244 g/mol. The highest BCUT2D eigenvalue weighted by molar-refractivity contribution is 6.91. The summed E-state index contributed by atoms with van der Waals surface area (Å²) in [6.45, 7) is 9.49. The first-order valence-corrected chi connectivity index (χ1v) is 10.9. The molecule has 0 N–H and O–H groups in total. The van der Waals surface area contributed by atoms with Crippen molar-refractivity contribution in [3.8, 4) is 0 Å². The number of unbranched alkanes of at least 4 members (excludes halogenated alkanes) is 3. The van der Waals surface area contributed by atoms with E-state index in [1.165, 1.54) is 32.1 Å². The predicted molar refractivity (Wildman–Crippen MR) is 90.9 cm³/mol. The van der Waals surface area contributed by atoms with Gasteiger partial charge in [0.25, 0.3) is 0 Å². The van der Waals surface area contributed by atoms with Crippen molar-refractivity contribution in [3.05, 3.63) is 42.5 Å². The Hall–Kier alpha value is -0.823. The molecule has 1 aromatic rings. The fraction of sp³-hybridized carbons (Fsp3) is 0.556. The molecule has 0 aliphatic rings. The zero-order chi connectivity index (χ0) is 14.1. The molecule has 0 heterocycles. The van der Waals surface area contributed by atoms with Crippen molar-refractivity contribution in [2.24, 2.45) is 0 Å². The fourth-order valence-corrected chi connectivity index (χ4v) is 5.88. The molecule has 0 spiro atoms. The van der Waals surface area contributed by atoms with Crippen LogP contribution < -0.4 is 5.19 Å². The summed E-state index contributed by atoms with van der Waals surface area (Å²) >= 11 is 0. The number of rotatable bonds is 8. The van der Waals surface area contributed by atoms with E-state index in [1.807, 2.05) is 0 Å². The van der Waals surface area contributed by atoms with Crippen molar-refractivity contribution in [3.63, 3.8) is 0 Å². The van der Waals surface area contributed by atoms with Crippen LogP contribution in [0.3, 0.4) is 0 Å². The topological polar surface area (TPSA) is 0 Å². The molecule has 1 unspecified atom stereocenters. The second kappa shape index (κ2) is 8.37. The molecule has 1 rings (SSSR count). The van der Waals surface area contributed by atoms with Gasteiger partial charge < -0.3 is 0 Å². The van der Waals surface area contributed by atoms with Gasteiger partial charge in [-0.1, -0.05) is 93.4 Å². The molecule has 1 aromatic carbocycles. The van der Waals surface area contributed by atoms with Crippen LogP contribution in [0.5, 0.6) is 0 Å². The molecule has 0 saturated heterocycles. The van der Waals surface area contributed by atoms with Crippen LogP contribution in [0.1, 0.15) is 46.0 Å². The minimum atomic E-state index is -1.38. The normalized spacial score (nSPS) is 13.9. The van der Waals surface area contributed by atoms with Crippen molar-refractivity contribution in [1.82, 2.24) is 0 Å². The lowest BCUT2D eigenvalue weighted by atomic mass is 10.1. The first kappa shape index (κ1) is 16.2. The third-order valence-corrected chi connectivity index (χ3v) is 8.39. The van der Waals surface area contributed by atoms with E-state index < -0.39 is 8.07 Å². The molecule has 0 saturated carbocycles. The van der Waals surface area contributed by atoms with E-state index in [1.54, 1.807) is 5.19 Å². The van der Waals surface area contributed by atoms with Gasteiger partial charge in [0.05, 0.1) is 8.07 Å². The number of hydrogen-bond acceptors (Lipinski definition) is 0. The smallest absolute Gasteiger partial charge is 0.0873 e. The lowest BCUT2D eigenvalue weighted by molar-refractivity contribution is 0.632. The highest BCUT2D eigenvalue weighted by atomic mass is 28.3. The van der Waals surface area contributed by atoms with Crippen LogP contribution in [0.2, 0.25) is 18.6 Å². The molecule has 1 heteroatoms. The van der Waals surface area contributed by atoms with E-state index in [-0.39, 0.29) is 0 Å². The number of allylic oxidation sites excluding steroid dienone is 2. The van der Waals surface area contributed by atoms with Crippen molar-refractivity contribution < 1.29 is 0 Å². The molecule has 0 amide bonds. The lowest BCUT2D eigenvalue weighted by Crippen LogP contribution is -2.45. The molecule has 0 aliphatic carbocycles. The van der Waals surface area contributed by atoms with Gasteiger partial charge in [-0.3, -0.25) is 0 Å². The second-order valence-electron chi connectivity index (χ2n) is 6.07. The minimum Gasteiger partial charge on any atom is -0.0917 e. The maximum atomic E-state index is 2.52. The van der Waals surface area contributed by atoms with Crippen LogP contribution in [0.25, 0.3) is 0 Å². The largest absolute Gasteiger partial charge is 0.0917 e. The highest BCUT2D eigenvalue weighted by Crippen LogP contribution is 2.29. The monoisotopic (exact) mass is 274 g/mol. The molecular formula is C18H30Si. The van der Waals surface area contributed by atoms with Crippen LogP contribution in [0, 0.1) is 0 Å². The van der Waals surface area contributed by atoms with E-state index in [0.29, 0.717) is 0 Å². The average molecular weight is 275 g/mol. The Morgan fingerprint density at radius 3 is 2.32 bits per heavy atom. The average Bonchev–Trinajstić information content (AvgIpc) is 2.43. The van der Waals surface area contributed by atoms with Crippen molar-refractivity contribution in [1.29, 1.82) is 0 Å². The van der Waals surface area contributed by atoms with Gasteiger partial charge in [-0.15, -0.1) is 0 Å². The van der Waals surface area contributed by atoms with Gasteiger partial charge in [-0.05, 0) is 18.9 Å². The van der Waals surface area contributed by atoms with Gasteiger partial charge in [0.2, 0.25) is 0 Å². The first-order valence-electron chi connectivity index (χ1n) is 7.81. The summed E-state index contributed by atoms with van der Waals surface area (Å²) in [7, 11) is -1.38. The molecule has 0 radical (unpaired) electrons. The maximum Gasteiger partial charge on any atom is 0.0873 e. The quantitative estimate of drug-likeness (QED) is 0.333. The molecule has 0 aliphatic heterocycles. The summed E-state index contributed by atoms with van der Waals surface area (Å²) in [6, 6.07) is 11.2. The Balaban J connectivity index is 2.74. The molecule has 0 nitrogen and oxygen atoms in total. The van der Waals surface area contributed by atoms with E-state index in [9.17, 15) is 0 Å². The summed E-state index contributed by atoms with van der Waals surface area (Å²) in [5.41, 5.74) is 0.775. The molecule has 0 bridgehead atoms. The number of hydrogen-bond donors (Lipinski definition) is 0. The Kier molecular flexibility index (Phi) is 7.15. The highest BCUT2D eigenvalue weighted by Gasteiger charge is 2.31. The van der Waals surface area contributed by atoms with Crippen molar-refractivity contribution in [2.75, 3.05) is 0 Å². The van der Waals surface area contributed by atoms with Crippen molar-refractivity contribution >= 4 is 13.3 Å². The van der Waals surface area contributed by atoms with E-state index in [4.69, 9.17) is 0 Å². The van der Waals surface area contributed by atoms with Gasteiger partial charge in [0, 0.05) is 0 Å². The van der Waals surface area contributed by atoms with Crippen LogP contribution in [-0.2, 0) is 0 Å². The second-order valence-corrected chi connectivity index (χ2v) is 10.8. The third kappa shape index (κ3) is 4.98. The first-order chi connectivity index (χ1) is 9.12. The fourth-order valence-electron chi connectivity index (χ4n) is 2.80. The van der Waals surface area contributed by atoms with Crippen LogP contribution in [-0.4, -0.2) is 8.07 Å². The molecule has 0 aromatic heterocycles. The van der Waals surface area contributed by atoms with Crippen LogP contribution in [0.15, 0.2) is 42.5 Å². The third-order valence-electron chi connectivity index (χ3n) is 4.24. The standard InChI is InChI=1S/C18H30Si/c1-5-7-8-10-14-17(13-6-2)19(3,4)18-15-11-9-12-16-18/h6,9,11-13,15-17H,5,7-8,10,14H2,1-4H3/b13-6+. The molecule has 19 heavy (non-hydrogen) atoms. The Labute approximate surface area is 121 Å². The van der Waals surface area contributed by atoms with Gasteiger partial charge in [0.1, 0.15) is 0 Å². The summed E-state index contributed by atoms with van der Waals surface area (Å²) in [6.07, 6.45) is 11.6. The lowest BCUT2D eigenvalue weighted by Gasteiger charge is -2.31. The zero-order valence-corrected chi connectivity index (χ0v) is 14.2. The zero-order valence-electron chi connectivity index (χ0n) is 13.2. The maximum absolute atomic E-state index is 2.52. The SMILES string of the molecule is C/C=C/C(CCCCCC)[Si](C)(C)c1ccccc1. The van der Waals surface area contributed by atoms with E-state index in [0.717, 1.165) is 5.54 Å². The summed E-state index contributed by atoms with van der Waals surface area (Å²) in [5, 5.41) is 1.59. The molecule has 1 atom stereocenters. The molecule has 106 valence electrons. The van der Waals surface area contributed by atoms with E-state index >= 15 is 0 Å². The number of benzene rings is 1. The van der Waals surface area contributed by atoms with Gasteiger partial charge in [-0.2, -0.15) is 0 Å². The predicted octanol–water partition coefficient (Wildman–Crippen LogP) is 5.52. The van der Waals surface area contributed by atoms with Crippen molar-refractivity contribution in [2.45, 2.75) is 64.6 Å². The minimum absolute atomic E-state index is 0.775. The van der Waals surface area contributed by atoms with Gasteiger partial charge in [0.15, 0.2) is 0 Å². The van der Waals surface area contributed by atoms with Gasteiger partial charge >= 0.3 is 0 Å². The summed E-state index contributed by atoms with van der Waals surface area (Å²) in [4.78, 5) is 0. The Bertz CT molecular complexity index is 365. The Morgan fingerprint density at radius 1 is 1.05 bits per heavy atom. The summed E-state index contributed by atoms with van der Waals surface area (Å²) in [5.74, 6) is 0. The summed E-state index contributed by atoms with van der Waals surface area (Å²) < 4.78 is 0.